The molecular formula is C23H33N3O3. The number of allylic oxidation sites excluding steroid dienone is 4. The first kappa shape index (κ1) is 24.3. The summed E-state index contributed by atoms with van der Waals surface area (Å²) in [6, 6.07) is 9.50. The molecule has 6 nitrogen and oxygen atoms in total. The van der Waals surface area contributed by atoms with Crippen molar-refractivity contribution in [3.8, 4) is 0 Å². The van der Waals surface area contributed by atoms with Gasteiger partial charge in [0.25, 0.3) is 0 Å². The van der Waals surface area contributed by atoms with Gasteiger partial charge in [0.05, 0.1) is 19.5 Å². The molecule has 6 heteroatoms. The fourth-order valence-electron chi connectivity index (χ4n) is 2.67. The Balaban J connectivity index is 2.71. The largest absolute Gasteiger partial charge is 0.333 e. The number of carbonyl (C=O) groups excluding carboxylic acids is 3. The number of amides is 2. The van der Waals surface area contributed by atoms with E-state index in [-0.39, 0.29) is 43.0 Å². The second-order valence-corrected chi connectivity index (χ2v) is 7.15. The van der Waals surface area contributed by atoms with E-state index in [1.165, 1.54) is 0 Å². The summed E-state index contributed by atoms with van der Waals surface area (Å²) >= 11 is 0. The van der Waals surface area contributed by atoms with Crippen LogP contribution in [0.15, 0.2) is 53.8 Å². The van der Waals surface area contributed by atoms with E-state index in [2.05, 4.69) is 5.32 Å². The number of rotatable bonds is 11. The fraction of sp³-hybridized carbons (Fsp3) is 0.435. The zero-order chi connectivity index (χ0) is 21.8. The van der Waals surface area contributed by atoms with Gasteiger partial charge in [-0.05, 0) is 31.4 Å². The van der Waals surface area contributed by atoms with Crippen LogP contribution in [0.25, 0.3) is 0 Å². The molecule has 0 bridgehead atoms. The Bertz CT molecular complexity index is 754. The monoisotopic (exact) mass is 399 g/mol. The van der Waals surface area contributed by atoms with Gasteiger partial charge < -0.3 is 16.0 Å². The van der Waals surface area contributed by atoms with E-state index in [0.717, 1.165) is 17.6 Å². The van der Waals surface area contributed by atoms with Crippen LogP contribution in [0.4, 0.5) is 0 Å². The zero-order valence-electron chi connectivity index (χ0n) is 17.9. The Morgan fingerprint density at radius 3 is 2.41 bits per heavy atom. The van der Waals surface area contributed by atoms with Crippen LogP contribution in [0, 0.1) is 5.92 Å². The van der Waals surface area contributed by atoms with E-state index < -0.39 is 0 Å². The van der Waals surface area contributed by atoms with Crippen molar-refractivity contribution in [1.82, 2.24) is 10.2 Å². The van der Waals surface area contributed by atoms with Gasteiger partial charge >= 0.3 is 0 Å². The highest BCUT2D eigenvalue weighted by Crippen LogP contribution is 2.07. The van der Waals surface area contributed by atoms with E-state index >= 15 is 0 Å². The maximum Gasteiger partial charge on any atom is 0.243 e. The van der Waals surface area contributed by atoms with Crippen molar-refractivity contribution in [1.29, 1.82) is 0 Å². The molecule has 0 aliphatic heterocycles. The van der Waals surface area contributed by atoms with Crippen molar-refractivity contribution < 1.29 is 14.4 Å². The van der Waals surface area contributed by atoms with Crippen molar-refractivity contribution in [2.24, 2.45) is 11.7 Å². The summed E-state index contributed by atoms with van der Waals surface area (Å²) in [5.41, 5.74) is 7.82. The summed E-state index contributed by atoms with van der Waals surface area (Å²) in [6.45, 7) is 7.96. The zero-order valence-corrected chi connectivity index (χ0v) is 17.9. The van der Waals surface area contributed by atoms with Crippen molar-refractivity contribution in [2.45, 2.75) is 40.5 Å². The second kappa shape index (κ2) is 12.7. The second-order valence-electron chi connectivity index (χ2n) is 7.15. The van der Waals surface area contributed by atoms with Gasteiger partial charge in [0.2, 0.25) is 11.8 Å². The topological polar surface area (TPSA) is 92.5 Å². The van der Waals surface area contributed by atoms with Gasteiger partial charge in [0.1, 0.15) is 0 Å². The molecule has 0 aromatic heterocycles. The van der Waals surface area contributed by atoms with E-state index in [1.807, 2.05) is 44.2 Å². The van der Waals surface area contributed by atoms with Crippen LogP contribution in [0.5, 0.6) is 0 Å². The predicted octanol–water partition coefficient (Wildman–Crippen LogP) is 2.60. The minimum atomic E-state index is -0.269. The van der Waals surface area contributed by atoms with Crippen LogP contribution >= 0.6 is 0 Å². The Kier molecular flexibility index (Phi) is 10.6. The summed E-state index contributed by atoms with van der Waals surface area (Å²) in [6.07, 6.45) is 4.63. The number of nitrogens with two attached hydrogens (primary N) is 1. The smallest absolute Gasteiger partial charge is 0.243 e. The fourth-order valence-corrected chi connectivity index (χ4v) is 2.67. The molecule has 3 N–H and O–H groups in total. The number of ketones is 1. The van der Waals surface area contributed by atoms with Crippen LogP contribution in [0.2, 0.25) is 0 Å². The quantitative estimate of drug-likeness (QED) is 0.560. The third-order valence-electron chi connectivity index (χ3n) is 4.64. The number of nitrogens with zero attached hydrogens (tertiary/aromatic N) is 1. The number of Topliss-reactive ketones (excluding diaryl/α,β-unsaturated/α-hetero) is 1. The number of carbonyl (C=O) groups is 3. The average Bonchev–Trinajstić information content (AvgIpc) is 2.71. The van der Waals surface area contributed by atoms with Gasteiger partial charge in [-0.2, -0.15) is 0 Å². The molecule has 1 atom stereocenters. The van der Waals surface area contributed by atoms with E-state index in [1.54, 1.807) is 30.9 Å². The molecule has 1 aromatic carbocycles. The molecule has 1 rings (SSSR count). The summed E-state index contributed by atoms with van der Waals surface area (Å²) in [7, 11) is 0. The first-order valence-corrected chi connectivity index (χ1v) is 9.98. The SMILES string of the molecule is CCCN(CC(=O)N/C(C)=C(C)/C=C\C(C)C(=O)CN)C(=O)Cc1ccccc1. The molecule has 0 aliphatic rings. The van der Waals surface area contributed by atoms with E-state index in [9.17, 15) is 14.4 Å². The maximum atomic E-state index is 12.6. The molecule has 1 aromatic rings. The predicted molar refractivity (Wildman–Crippen MR) is 116 cm³/mol. The number of benzene rings is 1. The molecule has 2 amide bonds. The van der Waals surface area contributed by atoms with E-state index in [4.69, 9.17) is 5.73 Å². The average molecular weight is 400 g/mol. The highest BCUT2D eigenvalue weighted by atomic mass is 16.2. The summed E-state index contributed by atoms with van der Waals surface area (Å²) in [4.78, 5) is 38.2. The molecule has 29 heavy (non-hydrogen) atoms. The highest BCUT2D eigenvalue weighted by Gasteiger charge is 2.17. The lowest BCUT2D eigenvalue weighted by molar-refractivity contribution is -0.135. The number of hydrogen-bond acceptors (Lipinski definition) is 4. The third kappa shape index (κ3) is 8.87. The highest BCUT2D eigenvalue weighted by molar-refractivity contribution is 5.86. The summed E-state index contributed by atoms with van der Waals surface area (Å²) in [5.74, 6) is -0.617. The molecule has 1 unspecified atom stereocenters. The molecule has 0 aliphatic carbocycles. The van der Waals surface area contributed by atoms with Crippen molar-refractivity contribution in [2.75, 3.05) is 19.6 Å². The lowest BCUT2D eigenvalue weighted by atomic mass is 10.0. The maximum absolute atomic E-state index is 12.6. The van der Waals surface area contributed by atoms with Crippen LogP contribution in [0.3, 0.4) is 0 Å². The molecule has 158 valence electrons. The standard InChI is InChI=1S/C23H33N3O3/c1-5-13-26(23(29)14-20-9-7-6-8-10-20)16-22(28)25-19(4)17(2)11-12-18(3)21(27)15-24/h6-12,18H,5,13-16,24H2,1-4H3,(H,25,28)/b12-11-,19-17+. The lowest BCUT2D eigenvalue weighted by Gasteiger charge is -2.22. The van der Waals surface area contributed by atoms with E-state index in [0.29, 0.717) is 12.2 Å². The van der Waals surface area contributed by atoms with Crippen LogP contribution in [0.1, 0.15) is 39.7 Å². The van der Waals surface area contributed by atoms with Crippen LogP contribution in [-0.2, 0) is 20.8 Å². The van der Waals surface area contributed by atoms with Gasteiger partial charge in [-0.15, -0.1) is 0 Å². The minimum Gasteiger partial charge on any atom is -0.333 e. The van der Waals surface area contributed by atoms with Gasteiger partial charge in [-0.3, -0.25) is 14.4 Å². The molecule has 0 spiro atoms. The Labute approximate surface area is 173 Å². The van der Waals surface area contributed by atoms with Crippen molar-refractivity contribution in [3.63, 3.8) is 0 Å². The van der Waals surface area contributed by atoms with Crippen LogP contribution in [-0.4, -0.2) is 42.1 Å². The summed E-state index contributed by atoms with van der Waals surface area (Å²) in [5, 5.41) is 2.84. The van der Waals surface area contributed by atoms with Crippen molar-refractivity contribution >= 4 is 17.6 Å². The minimum absolute atomic E-state index is 0.00819. The molecule has 0 heterocycles. The number of hydrogen-bond donors (Lipinski definition) is 2. The van der Waals surface area contributed by atoms with Gasteiger partial charge in [-0.1, -0.05) is 56.3 Å². The molecule has 0 saturated carbocycles. The Morgan fingerprint density at radius 2 is 1.83 bits per heavy atom. The lowest BCUT2D eigenvalue weighted by Crippen LogP contribution is -2.41. The number of nitrogens with one attached hydrogen (secondary N) is 1. The normalized spacial score (nSPS) is 13.0. The first-order valence-electron chi connectivity index (χ1n) is 9.98. The van der Waals surface area contributed by atoms with Crippen LogP contribution < -0.4 is 11.1 Å². The Morgan fingerprint density at radius 1 is 1.17 bits per heavy atom. The molecule has 0 fully saturated rings. The van der Waals surface area contributed by atoms with Gasteiger partial charge in [-0.25, -0.2) is 0 Å². The van der Waals surface area contributed by atoms with Crippen molar-refractivity contribution in [3.05, 3.63) is 59.3 Å². The third-order valence-corrected chi connectivity index (χ3v) is 4.64. The van der Waals surface area contributed by atoms with Gasteiger partial charge in [0.15, 0.2) is 5.78 Å². The molecule has 0 radical (unpaired) electrons. The van der Waals surface area contributed by atoms with Gasteiger partial charge in [0, 0.05) is 18.2 Å². The molecular weight excluding hydrogens is 366 g/mol. The Hall–Kier alpha value is -2.73. The summed E-state index contributed by atoms with van der Waals surface area (Å²) < 4.78 is 0. The first-order chi connectivity index (χ1) is 13.8. The molecule has 0 saturated heterocycles.